The summed E-state index contributed by atoms with van der Waals surface area (Å²) in [6.07, 6.45) is 2.44. The summed E-state index contributed by atoms with van der Waals surface area (Å²) >= 11 is 0. The number of carboxylic acid groups (broad SMARTS) is 2. The minimum absolute atomic E-state index is 0. The van der Waals surface area contributed by atoms with E-state index in [1.54, 1.807) is 0 Å². The second kappa shape index (κ2) is 30.7. The number of benzene rings is 2. The predicted molar refractivity (Wildman–Crippen MR) is 149 cm³/mol. The molecular weight excluding hydrogens is 929 g/mol. The summed E-state index contributed by atoms with van der Waals surface area (Å²) in [6, 6.07) is 8.18. The summed E-state index contributed by atoms with van der Waals surface area (Å²) in [5, 5.41) is 34.2. The van der Waals surface area contributed by atoms with E-state index in [1.807, 2.05) is 0 Å². The number of carboxylic acids is 2. The van der Waals surface area contributed by atoms with Gasteiger partial charge < -0.3 is 72.1 Å². The van der Waals surface area contributed by atoms with Crippen LogP contribution in [0.25, 0.3) is 0 Å². The van der Waals surface area contributed by atoms with Crippen LogP contribution in [0.1, 0.15) is 33.6 Å². The zero-order chi connectivity index (χ0) is 30.0. The maximum Gasteiger partial charge on any atom is 3.00 e. The molecule has 0 aromatic heterocycles. The van der Waals surface area contributed by atoms with Crippen LogP contribution >= 0.6 is 0 Å². The molecular formula is C24H38N4NiO14S2U-3. The molecule has 0 aliphatic carbocycles. The van der Waals surface area contributed by atoms with Crippen LogP contribution in [0.4, 0.5) is 0 Å². The van der Waals surface area contributed by atoms with Crippen molar-refractivity contribution in [3.63, 3.8) is 0 Å². The van der Waals surface area contributed by atoms with Crippen molar-refractivity contribution in [3.8, 4) is 0 Å². The van der Waals surface area contributed by atoms with Crippen molar-refractivity contribution in [2.24, 2.45) is 0 Å². The van der Waals surface area contributed by atoms with E-state index in [2.05, 4.69) is 21.3 Å². The van der Waals surface area contributed by atoms with Crippen molar-refractivity contribution in [1.29, 1.82) is 0 Å². The van der Waals surface area contributed by atoms with E-state index >= 15 is 0 Å². The van der Waals surface area contributed by atoms with E-state index in [0.717, 1.165) is 101 Å². The molecule has 1 saturated heterocycles. The smallest absolute Gasteiger partial charge is 2.00 e. The largest absolute Gasteiger partial charge is 3.00 e. The van der Waals surface area contributed by atoms with Crippen LogP contribution in [0.15, 0.2) is 58.3 Å². The second-order valence-corrected chi connectivity index (χ2v) is 11.0. The van der Waals surface area contributed by atoms with E-state index in [0.29, 0.717) is 0 Å². The third-order valence-electron chi connectivity index (χ3n) is 5.09. The average Bonchev–Trinajstić information content (AvgIpc) is 2.90. The van der Waals surface area contributed by atoms with E-state index in [1.165, 1.54) is 12.8 Å². The normalized spacial score (nSPS) is 13.6. The zero-order valence-corrected chi connectivity index (χ0v) is 31.2. The van der Waals surface area contributed by atoms with E-state index < -0.39 is 42.0 Å². The molecule has 1 fully saturated rings. The first-order valence-corrected chi connectivity index (χ1v) is 15.0. The molecule has 267 valence electrons. The molecule has 1 aliphatic heterocycles. The first kappa shape index (κ1) is 56.7. The molecule has 2 aromatic carbocycles. The van der Waals surface area contributed by atoms with Crippen LogP contribution < -0.4 is 31.5 Å². The van der Waals surface area contributed by atoms with Gasteiger partial charge in [-0.1, -0.05) is 24.3 Å². The Hall–Kier alpha value is -1.57. The van der Waals surface area contributed by atoms with Gasteiger partial charge in [0.2, 0.25) is 0 Å². The summed E-state index contributed by atoms with van der Waals surface area (Å²) in [7, 11) is -9.20. The third-order valence-corrected chi connectivity index (χ3v) is 6.75. The second-order valence-electron chi connectivity index (χ2n) is 8.25. The molecule has 3 rings (SSSR count). The quantitative estimate of drug-likeness (QED) is 0.127. The number of hydrogen-bond donors (Lipinski definition) is 4. The monoisotopic (exact) mass is 966 g/mol. The summed E-state index contributed by atoms with van der Waals surface area (Å²) < 4.78 is 62.6. The maximum atomic E-state index is 10.4. The minimum atomic E-state index is -4.60. The van der Waals surface area contributed by atoms with Crippen LogP contribution in [0.2, 0.25) is 0 Å². The molecule has 2 aromatic rings. The van der Waals surface area contributed by atoms with Gasteiger partial charge in [-0.2, -0.15) is 0 Å². The summed E-state index contributed by atoms with van der Waals surface area (Å²) in [5.41, 5.74) is -0.672. The number of hydrogen-bond acceptors (Lipinski definition) is 14. The van der Waals surface area contributed by atoms with Gasteiger partial charge in [0.25, 0.3) is 0 Å². The molecule has 22 heteroatoms. The van der Waals surface area contributed by atoms with Crippen LogP contribution in [0, 0.1) is 31.1 Å². The zero-order valence-electron chi connectivity index (χ0n) is 24.4. The van der Waals surface area contributed by atoms with Crippen molar-refractivity contribution in [3.05, 3.63) is 59.7 Å². The topological polar surface area (TPSA) is 366 Å². The van der Waals surface area contributed by atoms with E-state index in [4.69, 9.17) is 0 Å². The number of carbonyl (C=O) groups is 2. The molecule has 10 N–H and O–H groups in total. The molecule has 0 bridgehead atoms. The van der Waals surface area contributed by atoms with Crippen molar-refractivity contribution in [2.75, 3.05) is 52.4 Å². The Morgan fingerprint density at radius 3 is 1.04 bits per heavy atom. The first-order chi connectivity index (χ1) is 18.8. The summed E-state index contributed by atoms with van der Waals surface area (Å²) in [4.78, 5) is 19.4. The fourth-order valence-corrected chi connectivity index (χ4v) is 4.12. The van der Waals surface area contributed by atoms with Gasteiger partial charge in [-0.3, -0.25) is 0 Å². The van der Waals surface area contributed by atoms with Crippen molar-refractivity contribution in [2.45, 2.75) is 22.6 Å². The standard InChI is InChI=1S/C10H24N4.2C7H6O5S.Ni.2H2O.2O.U/c1-3-11-7-9-13-5-2-6-14-10-8-12-4-1;2*8-7(9)5-2-1-3-6(4-5)13(10,11)12;;;;;;/h11-14H,1-10H2;2*1-4H,(H,8,9)(H,10,11,12);;2*1H2;;;/q;;;+3;;;2*-2;/p-2. The Morgan fingerprint density at radius 1 is 0.565 bits per heavy atom. The minimum Gasteiger partial charge on any atom is -2.00 e. The fraction of sp³-hybridized carbons (Fsp3) is 0.417. The Bertz CT molecular complexity index is 1170. The van der Waals surface area contributed by atoms with Crippen LogP contribution in [-0.4, -0.2) is 90.2 Å². The molecule has 0 saturated carbocycles. The van der Waals surface area contributed by atoms with Gasteiger partial charge in [0, 0.05) is 57.3 Å². The maximum absolute atomic E-state index is 10.4. The average molecular weight is 967 g/mol. The molecule has 1 aliphatic rings. The van der Waals surface area contributed by atoms with Gasteiger partial charge in [-0.25, -0.2) is 16.8 Å². The Morgan fingerprint density at radius 2 is 0.826 bits per heavy atom. The van der Waals surface area contributed by atoms with Gasteiger partial charge in [-0.15, -0.1) is 0 Å². The van der Waals surface area contributed by atoms with Gasteiger partial charge >= 0.3 is 16.5 Å². The van der Waals surface area contributed by atoms with Crippen LogP contribution in [-0.2, 0) is 58.6 Å². The van der Waals surface area contributed by atoms with Crippen molar-refractivity contribution < 1.29 is 115 Å². The Kier molecular flexibility index (Phi) is 37.9. The van der Waals surface area contributed by atoms with Gasteiger partial charge in [0.05, 0.1) is 21.7 Å². The van der Waals surface area contributed by atoms with Crippen molar-refractivity contribution >= 4 is 32.2 Å². The molecule has 46 heavy (non-hydrogen) atoms. The predicted octanol–water partition coefficient (Wildman–Crippen LogP) is -5.04. The number of nitrogens with one attached hydrogen (secondary N) is 4. The summed E-state index contributed by atoms with van der Waals surface area (Å²) in [5.74, 6) is -3.05. The third kappa shape index (κ3) is 26.5. The SMILES string of the molecule is C1CNCCNCCCNCCNC1.O=C([O-])c1cccc(S(=O)(=O)[O-])c1.O=C([O-])c1cccc(S(=O)(=O)[O-])c1.[Ni+3].[O-2].[O-2].[OH3+].[OH3+].[U]. The van der Waals surface area contributed by atoms with Gasteiger partial charge in [0.15, 0.2) is 0 Å². The number of carbonyl (C=O) groups excluding carboxylic acids is 2. The molecule has 1 radical (unpaired) electrons. The van der Waals surface area contributed by atoms with E-state index in [-0.39, 0.29) is 80.6 Å². The molecule has 0 spiro atoms. The van der Waals surface area contributed by atoms with Gasteiger partial charge in [-0.05, 0) is 74.4 Å². The van der Waals surface area contributed by atoms with Crippen molar-refractivity contribution in [1.82, 2.24) is 21.3 Å². The fourth-order valence-electron chi connectivity index (χ4n) is 3.09. The number of rotatable bonds is 4. The first-order valence-electron chi connectivity index (χ1n) is 12.2. The molecule has 0 unspecified atom stereocenters. The molecule has 0 atom stereocenters. The van der Waals surface area contributed by atoms with Crippen LogP contribution in [0.5, 0.6) is 0 Å². The number of aromatic carboxylic acids is 2. The van der Waals surface area contributed by atoms with E-state index in [9.17, 15) is 45.7 Å². The Labute approximate surface area is 301 Å². The summed E-state index contributed by atoms with van der Waals surface area (Å²) in [6.45, 7) is 8.87. The van der Waals surface area contributed by atoms with Crippen LogP contribution in [0.3, 0.4) is 0 Å². The molecule has 1 heterocycles. The molecule has 0 amide bonds. The van der Waals surface area contributed by atoms with Gasteiger partial charge in [0.1, 0.15) is 20.2 Å². The Balaban J connectivity index is -0.000000123. The molecule has 18 nitrogen and oxygen atoms in total.